The van der Waals surface area contributed by atoms with Gasteiger partial charge in [0.1, 0.15) is 12.1 Å². The number of para-hydroxylation sites is 2. The quantitative estimate of drug-likeness (QED) is 0.161. The fraction of sp³-hybridized carbons (Fsp3) is 0.0233. The molecule has 5 nitrogen and oxygen atoms in total. The molecule has 0 saturated carbocycles. The van der Waals surface area contributed by atoms with Gasteiger partial charge in [0.15, 0.2) is 11.4 Å². The minimum Gasteiger partial charge on any atom is -0.309 e. The van der Waals surface area contributed by atoms with Crippen LogP contribution < -0.4 is 0 Å². The largest absolute Gasteiger partial charge is 0.309 e. The Morgan fingerprint density at radius 2 is 1.04 bits per heavy atom. The van der Waals surface area contributed by atoms with Crippen LogP contribution in [-0.4, -0.2) is 14.5 Å². The zero-order valence-corrected chi connectivity index (χ0v) is 25.4. The van der Waals surface area contributed by atoms with E-state index in [1.807, 2.05) is 18.2 Å². The third kappa shape index (κ3) is 2.79. The van der Waals surface area contributed by atoms with Crippen molar-refractivity contribution in [3.8, 4) is 29.0 Å². The van der Waals surface area contributed by atoms with Crippen molar-refractivity contribution in [1.82, 2.24) is 14.5 Å². The van der Waals surface area contributed by atoms with Crippen LogP contribution in [0.2, 0.25) is 0 Å². The minimum atomic E-state index is -0.479. The summed E-state index contributed by atoms with van der Waals surface area (Å²) in [4.78, 5) is 9.48. The van der Waals surface area contributed by atoms with E-state index in [9.17, 15) is 10.5 Å². The van der Waals surface area contributed by atoms with Gasteiger partial charge in [-0.15, -0.1) is 0 Å². The van der Waals surface area contributed by atoms with E-state index >= 15 is 0 Å². The lowest BCUT2D eigenvalue weighted by Crippen LogP contribution is -2.33. The molecule has 3 heterocycles. The van der Waals surface area contributed by atoms with Gasteiger partial charge < -0.3 is 4.57 Å². The van der Waals surface area contributed by atoms with Crippen molar-refractivity contribution in [2.75, 3.05) is 0 Å². The first-order chi connectivity index (χ1) is 23.7. The highest BCUT2D eigenvalue weighted by atomic mass is 15.0. The number of benzene rings is 7. The topological polar surface area (TPSA) is 78.3 Å². The molecule has 0 radical (unpaired) electrons. The fourth-order valence-corrected chi connectivity index (χ4v) is 8.92. The summed E-state index contributed by atoms with van der Waals surface area (Å²) in [5, 5.41) is 25.8. The second-order valence-corrected chi connectivity index (χ2v) is 12.7. The molecule has 7 aromatic carbocycles. The standard InChI is InChI=1S/C43H21N5/c44-22-36-37(23-45)47-41-31-20-30-28-14-9-18-35-42(28)48(39(30)21-29(31)24-10-1-2-13-27(24)40(41)46-36)38-19-8-7-17-34(38)43(35)32-15-5-3-11-25(32)26-12-4-6-16-33(26)43/h1-21H. The van der Waals surface area contributed by atoms with E-state index in [0.29, 0.717) is 11.0 Å². The maximum atomic E-state index is 9.91. The van der Waals surface area contributed by atoms with Crippen LogP contribution in [0.5, 0.6) is 0 Å². The number of aromatic nitrogens is 3. The Balaban J connectivity index is 1.38. The Bertz CT molecular complexity index is 3000. The van der Waals surface area contributed by atoms with Crippen LogP contribution in [0, 0.1) is 22.7 Å². The van der Waals surface area contributed by atoms with Gasteiger partial charge in [0.25, 0.3) is 0 Å². The molecule has 0 amide bonds. The van der Waals surface area contributed by atoms with Gasteiger partial charge in [-0.2, -0.15) is 10.5 Å². The van der Waals surface area contributed by atoms with Gasteiger partial charge in [-0.3, -0.25) is 0 Å². The summed E-state index contributed by atoms with van der Waals surface area (Å²) in [7, 11) is 0. The normalized spacial score (nSPS) is 13.5. The number of rotatable bonds is 0. The lowest BCUT2D eigenvalue weighted by atomic mass is 9.65. The molecule has 9 aromatic rings. The molecule has 0 bridgehead atoms. The van der Waals surface area contributed by atoms with Crippen LogP contribution >= 0.6 is 0 Å². The molecule has 5 heteroatoms. The lowest BCUT2D eigenvalue weighted by Gasteiger charge is -2.39. The average Bonchev–Trinajstić information content (AvgIpc) is 3.64. The van der Waals surface area contributed by atoms with E-state index in [-0.39, 0.29) is 11.4 Å². The van der Waals surface area contributed by atoms with Crippen molar-refractivity contribution >= 4 is 54.4 Å². The number of nitrogens with zero attached hydrogens (tertiary/aromatic N) is 5. The zero-order valence-electron chi connectivity index (χ0n) is 25.4. The second kappa shape index (κ2) is 8.70. The SMILES string of the molecule is N#Cc1nc2c3ccccc3c3cc4c(cc3c2nc1C#N)c1cccc2c1n4-c1ccccc1C21c2ccccc2-c2ccccc21. The highest BCUT2D eigenvalue weighted by Crippen LogP contribution is 2.61. The Labute approximate surface area is 274 Å². The fourth-order valence-electron chi connectivity index (χ4n) is 8.92. The summed E-state index contributed by atoms with van der Waals surface area (Å²) < 4.78 is 2.45. The Kier molecular flexibility index (Phi) is 4.60. The molecule has 48 heavy (non-hydrogen) atoms. The summed E-state index contributed by atoms with van der Waals surface area (Å²) >= 11 is 0. The Morgan fingerprint density at radius 1 is 0.479 bits per heavy atom. The molecule has 2 aromatic heterocycles. The van der Waals surface area contributed by atoms with Gasteiger partial charge in [-0.25, -0.2) is 9.97 Å². The van der Waals surface area contributed by atoms with Crippen LogP contribution in [-0.2, 0) is 5.41 Å². The molecule has 1 aliphatic heterocycles. The van der Waals surface area contributed by atoms with E-state index in [1.165, 1.54) is 38.9 Å². The predicted octanol–water partition coefficient (Wildman–Crippen LogP) is 9.45. The van der Waals surface area contributed by atoms with Gasteiger partial charge in [0.2, 0.25) is 0 Å². The highest BCUT2D eigenvalue weighted by Gasteiger charge is 2.50. The van der Waals surface area contributed by atoms with Gasteiger partial charge >= 0.3 is 0 Å². The van der Waals surface area contributed by atoms with E-state index in [0.717, 1.165) is 43.5 Å². The smallest absolute Gasteiger partial charge is 0.177 e. The van der Waals surface area contributed by atoms with Crippen LogP contribution in [0.4, 0.5) is 0 Å². The van der Waals surface area contributed by atoms with Crippen molar-refractivity contribution in [1.29, 1.82) is 10.5 Å². The van der Waals surface area contributed by atoms with Gasteiger partial charge in [0.05, 0.1) is 33.2 Å². The third-order valence-electron chi connectivity index (χ3n) is 10.7. The van der Waals surface area contributed by atoms with Crippen molar-refractivity contribution < 1.29 is 0 Å². The predicted molar refractivity (Wildman–Crippen MR) is 189 cm³/mol. The molecule has 1 spiro atoms. The number of fused-ring (bicyclic) bond motifs is 18. The summed E-state index contributed by atoms with van der Waals surface area (Å²) in [6, 6.07) is 50.1. The first kappa shape index (κ1) is 25.4. The molecule has 1 aliphatic carbocycles. The minimum absolute atomic E-state index is 0.0405. The average molecular weight is 608 g/mol. The van der Waals surface area contributed by atoms with E-state index in [2.05, 4.69) is 126 Å². The van der Waals surface area contributed by atoms with Crippen molar-refractivity contribution in [3.63, 3.8) is 0 Å². The summed E-state index contributed by atoms with van der Waals surface area (Å²) in [6.07, 6.45) is 0. The molecular formula is C43H21N5. The number of hydrogen-bond donors (Lipinski definition) is 0. The summed E-state index contributed by atoms with van der Waals surface area (Å²) in [6.45, 7) is 0. The monoisotopic (exact) mass is 607 g/mol. The molecule has 0 N–H and O–H groups in total. The first-order valence-corrected chi connectivity index (χ1v) is 16.0. The van der Waals surface area contributed by atoms with Crippen LogP contribution in [0.3, 0.4) is 0 Å². The van der Waals surface area contributed by atoms with Crippen LogP contribution in [0.1, 0.15) is 33.6 Å². The Morgan fingerprint density at radius 3 is 1.75 bits per heavy atom. The number of hydrogen-bond acceptors (Lipinski definition) is 4. The maximum Gasteiger partial charge on any atom is 0.177 e. The van der Waals surface area contributed by atoms with E-state index < -0.39 is 5.41 Å². The van der Waals surface area contributed by atoms with Gasteiger partial charge in [-0.05, 0) is 62.4 Å². The van der Waals surface area contributed by atoms with Crippen molar-refractivity contribution in [3.05, 3.63) is 161 Å². The molecule has 2 aliphatic rings. The lowest BCUT2D eigenvalue weighted by molar-refractivity contribution is 0.748. The van der Waals surface area contributed by atoms with Crippen LogP contribution in [0.15, 0.2) is 127 Å². The highest BCUT2D eigenvalue weighted by molar-refractivity contribution is 6.27. The van der Waals surface area contributed by atoms with Gasteiger partial charge in [0, 0.05) is 21.5 Å². The van der Waals surface area contributed by atoms with Crippen molar-refractivity contribution in [2.24, 2.45) is 0 Å². The van der Waals surface area contributed by atoms with E-state index in [4.69, 9.17) is 9.97 Å². The molecule has 0 unspecified atom stereocenters. The molecule has 11 rings (SSSR count). The van der Waals surface area contributed by atoms with E-state index in [1.54, 1.807) is 0 Å². The zero-order chi connectivity index (χ0) is 31.7. The molecule has 0 fully saturated rings. The second-order valence-electron chi connectivity index (χ2n) is 12.7. The Hall–Kier alpha value is -6.82. The summed E-state index contributed by atoms with van der Waals surface area (Å²) in [5.41, 5.74) is 12.0. The first-order valence-electron chi connectivity index (χ1n) is 16.0. The molecular weight excluding hydrogens is 587 g/mol. The maximum absolute atomic E-state index is 9.91. The van der Waals surface area contributed by atoms with Gasteiger partial charge in [-0.1, -0.05) is 109 Å². The third-order valence-corrected chi connectivity index (χ3v) is 10.7. The van der Waals surface area contributed by atoms with Crippen LogP contribution in [0.25, 0.3) is 71.2 Å². The molecule has 0 atom stereocenters. The number of nitriles is 2. The van der Waals surface area contributed by atoms with Crippen molar-refractivity contribution in [2.45, 2.75) is 5.41 Å². The molecule has 218 valence electrons. The summed E-state index contributed by atoms with van der Waals surface area (Å²) in [5.74, 6) is 0. The molecule has 0 saturated heterocycles.